The van der Waals surface area contributed by atoms with E-state index in [1.54, 1.807) is 60.7 Å². The first-order valence-electron chi connectivity index (χ1n) is 15.5. The molecule has 20 nitrogen and oxygen atoms in total. The van der Waals surface area contributed by atoms with Crippen LogP contribution in [0.15, 0.2) is 92.4 Å². The normalized spacial score (nSPS) is 12.8. The SMILES string of the molecule is O=S(=O)([O-])c1c(S(=O)(=O)[O-])c(S(=O)(=O)[O-])c2c3nc4nc(nc5[nH]c(nc6nc(nc([nH]3)c2c1S(=O)(=O)[O-])-c1ccccc1-6)c1ccccc51)-c1ccccc1-4.[Sn+2].[Sn+2]. The Balaban J connectivity index is 0.00000256. The van der Waals surface area contributed by atoms with Crippen molar-refractivity contribution >= 4 is 132 Å². The van der Waals surface area contributed by atoms with Crippen molar-refractivity contribution in [3.05, 3.63) is 72.8 Å². The van der Waals surface area contributed by atoms with E-state index in [1.165, 1.54) is 12.1 Å². The van der Waals surface area contributed by atoms with Gasteiger partial charge in [0.05, 0.1) is 19.6 Å². The summed E-state index contributed by atoms with van der Waals surface area (Å²) in [6.45, 7) is 0. The average molecular weight is 1070 g/mol. The fraction of sp³-hybridized carbons (Fsp3) is 0. The topological polar surface area (TPSA) is 338 Å². The fourth-order valence-corrected chi connectivity index (χ4v) is 11.6. The predicted octanol–water partition coefficient (Wildman–Crippen LogP) is 1.72. The van der Waals surface area contributed by atoms with E-state index < -0.39 is 82.1 Å². The summed E-state index contributed by atoms with van der Waals surface area (Å²) in [6.07, 6.45) is 0. The third-order valence-electron chi connectivity index (χ3n) is 8.82. The Morgan fingerprint density at radius 2 is 0.621 bits per heavy atom. The van der Waals surface area contributed by atoms with Gasteiger partial charge in [-0.2, -0.15) is 0 Å². The zero-order chi connectivity index (χ0) is 39.7. The first-order valence-corrected chi connectivity index (χ1v) is 21.1. The molecule has 8 bridgehead atoms. The van der Waals surface area contributed by atoms with Gasteiger partial charge in [0.1, 0.15) is 63.1 Å². The van der Waals surface area contributed by atoms with Gasteiger partial charge in [-0.25, -0.2) is 63.6 Å². The van der Waals surface area contributed by atoms with Gasteiger partial charge in [0.15, 0.2) is 23.3 Å². The van der Waals surface area contributed by atoms with E-state index in [-0.39, 0.29) is 93.5 Å². The molecule has 0 saturated carbocycles. The van der Waals surface area contributed by atoms with Crippen LogP contribution < -0.4 is 0 Å². The van der Waals surface area contributed by atoms with E-state index in [2.05, 4.69) is 29.9 Å². The fourth-order valence-electron chi connectivity index (χ4n) is 6.72. The number of benzene rings is 4. The minimum Gasteiger partial charge on any atom is -0.744 e. The minimum atomic E-state index is -6.60. The Labute approximate surface area is 359 Å². The van der Waals surface area contributed by atoms with E-state index >= 15 is 0 Å². The molecule has 58 heavy (non-hydrogen) atoms. The van der Waals surface area contributed by atoms with E-state index in [0.717, 1.165) is 0 Å². The minimum absolute atomic E-state index is 0. The molecule has 7 aromatic rings. The van der Waals surface area contributed by atoms with Gasteiger partial charge >= 0.3 is 47.8 Å². The summed E-state index contributed by atoms with van der Waals surface area (Å²) in [6, 6.07) is 19.6. The number of hydrogen-bond donors (Lipinski definition) is 2. The van der Waals surface area contributed by atoms with Crippen LogP contribution in [0.5, 0.6) is 0 Å². The summed E-state index contributed by atoms with van der Waals surface area (Å²) in [5, 5.41) is -1.56. The first kappa shape index (κ1) is 41.6. The number of rotatable bonds is 4. The monoisotopic (exact) mass is 1070 g/mol. The Hall–Kier alpha value is -4.52. The van der Waals surface area contributed by atoms with Crippen molar-refractivity contribution in [2.75, 3.05) is 0 Å². The summed E-state index contributed by atoms with van der Waals surface area (Å²) >= 11 is 0. The molecule has 4 radical (unpaired) electrons. The molecule has 26 heteroatoms. The summed E-state index contributed by atoms with van der Waals surface area (Å²) in [4.78, 5) is 23.0. The molecule has 0 saturated heterocycles. The second-order valence-electron chi connectivity index (χ2n) is 12.1. The number of nitrogens with zero attached hydrogens (tertiary/aromatic N) is 6. The van der Waals surface area contributed by atoms with Crippen LogP contribution in [-0.2, 0) is 40.5 Å². The number of H-pyrrole nitrogens is 2. The molecule has 0 unspecified atom stereocenters. The van der Waals surface area contributed by atoms with Crippen molar-refractivity contribution in [2.24, 2.45) is 0 Å². The van der Waals surface area contributed by atoms with E-state index in [4.69, 9.17) is 9.97 Å². The van der Waals surface area contributed by atoms with Gasteiger partial charge < -0.3 is 28.2 Å². The van der Waals surface area contributed by atoms with Crippen LogP contribution in [0.1, 0.15) is 0 Å². The van der Waals surface area contributed by atoms with Gasteiger partial charge in [-0.15, -0.1) is 0 Å². The average Bonchev–Trinajstić information content (AvgIpc) is 3.84. The summed E-state index contributed by atoms with van der Waals surface area (Å²) < 4.78 is 154. The van der Waals surface area contributed by atoms with Crippen LogP contribution in [0.25, 0.3) is 89.7 Å². The Morgan fingerprint density at radius 1 is 0.362 bits per heavy atom. The molecule has 2 aliphatic heterocycles. The molecule has 0 aliphatic carbocycles. The van der Waals surface area contributed by atoms with Crippen LogP contribution in [0.2, 0.25) is 0 Å². The maximum Gasteiger partial charge on any atom is 2.00 e. The largest absolute Gasteiger partial charge is 2.00 e. The van der Waals surface area contributed by atoms with Gasteiger partial charge in [0.2, 0.25) is 0 Å². The molecule has 3 aromatic heterocycles. The Morgan fingerprint density at radius 3 is 0.914 bits per heavy atom. The Kier molecular flexibility index (Phi) is 10.1. The zero-order valence-electron chi connectivity index (χ0n) is 28.1. The molecule has 0 atom stereocenters. The Bertz CT molecular complexity index is 3390. The number of aromatic amines is 2. The predicted molar refractivity (Wildman–Crippen MR) is 199 cm³/mol. The molecule has 5 heterocycles. The van der Waals surface area contributed by atoms with Crippen molar-refractivity contribution in [3.63, 3.8) is 0 Å². The molecule has 286 valence electrons. The number of hydrogen-bond acceptors (Lipinski definition) is 18. The molecule has 2 N–H and O–H groups in total. The molecule has 0 amide bonds. The van der Waals surface area contributed by atoms with Gasteiger partial charge in [-0.1, -0.05) is 72.8 Å². The maximum atomic E-state index is 13.0. The van der Waals surface area contributed by atoms with Gasteiger partial charge in [0.25, 0.3) is 0 Å². The molecule has 0 spiro atoms. The second-order valence-corrected chi connectivity index (χ2v) is 17.4. The van der Waals surface area contributed by atoms with E-state index in [0.29, 0.717) is 21.9 Å². The van der Waals surface area contributed by atoms with Crippen LogP contribution in [0, 0.1) is 0 Å². The molecule has 0 fully saturated rings. The molecule has 4 aromatic carbocycles. The van der Waals surface area contributed by atoms with Crippen LogP contribution in [0.3, 0.4) is 0 Å². The molecule has 9 rings (SSSR count). The second kappa shape index (κ2) is 14.1. The van der Waals surface area contributed by atoms with Crippen LogP contribution in [0.4, 0.5) is 0 Å². The maximum absolute atomic E-state index is 13.0. The number of nitrogens with one attached hydrogen (secondary N) is 2. The van der Waals surface area contributed by atoms with Crippen LogP contribution in [-0.4, -0.2) is 140 Å². The third kappa shape index (κ3) is 6.65. The standard InChI is InChI=1S/C32H18N8O12S4.2Sn/c41-53(42,43)21-19-20(22(54(44,45)46)24(56(50,51)52)23(21)55(47,48)49)32-39-30-18-12-6-4-10-16(18)28(37-30)35-26-14-8-2-1-7-13(14)25(33-26)34-27-15-9-3-5-11-17(15)29(36-27)38-31(19)40-32;;/h1-12H,(H,41,42,43)(H,44,45,46)(H,47,48,49)(H,50,51,52)(H2,33,34,35,36,37,38,39,40);;/q;2*+2/p-4. The quantitative estimate of drug-likeness (QED) is 0.187. The van der Waals surface area contributed by atoms with Crippen molar-refractivity contribution in [1.82, 2.24) is 39.9 Å². The smallest absolute Gasteiger partial charge is 0.744 e. The van der Waals surface area contributed by atoms with E-state index in [1.807, 2.05) is 0 Å². The molecular formula is C32H14N8O12S4Sn2. The van der Waals surface area contributed by atoms with Gasteiger partial charge in [0, 0.05) is 43.8 Å². The van der Waals surface area contributed by atoms with Gasteiger partial charge in [-0.3, -0.25) is 0 Å². The molecular weight excluding hydrogens is 1050 g/mol. The van der Waals surface area contributed by atoms with Gasteiger partial charge in [-0.05, 0) is 0 Å². The van der Waals surface area contributed by atoms with Crippen molar-refractivity contribution in [3.8, 4) is 45.6 Å². The van der Waals surface area contributed by atoms with Crippen molar-refractivity contribution < 1.29 is 51.9 Å². The molecule has 2 aliphatic rings. The first-order chi connectivity index (χ1) is 26.3. The van der Waals surface area contributed by atoms with Crippen LogP contribution >= 0.6 is 0 Å². The van der Waals surface area contributed by atoms with E-state index in [9.17, 15) is 51.9 Å². The number of fused-ring (bicyclic) bond motifs is 20. The number of aromatic nitrogens is 8. The zero-order valence-corrected chi connectivity index (χ0v) is 37.1. The van der Waals surface area contributed by atoms with Crippen molar-refractivity contribution in [1.29, 1.82) is 0 Å². The summed E-state index contributed by atoms with van der Waals surface area (Å²) in [5.74, 6) is -0.637. The summed E-state index contributed by atoms with van der Waals surface area (Å²) in [7, 11) is -26.0. The summed E-state index contributed by atoms with van der Waals surface area (Å²) in [5.41, 5.74) is -0.283. The third-order valence-corrected chi connectivity index (χ3v) is 12.8. The van der Waals surface area contributed by atoms with Crippen molar-refractivity contribution in [2.45, 2.75) is 19.6 Å².